The van der Waals surface area contributed by atoms with Gasteiger partial charge in [-0.05, 0) is 17.5 Å². The number of fused-ring (bicyclic) bond motifs is 1. The molecule has 0 saturated carbocycles. The van der Waals surface area contributed by atoms with Gasteiger partial charge in [0.15, 0.2) is 11.2 Å². The summed E-state index contributed by atoms with van der Waals surface area (Å²) in [6.45, 7) is 1.66. The van der Waals surface area contributed by atoms with E-state index in [1.165, 1.54) is 0 Å². The highest BCUT2D eigenvalue weighted by molar-refractivity contribution is 7.48. The number of hydrogen-bond acceptors (Lipinski definition) is 9. The molecule has 5 rings (SSSR count). The Morgan fingerprint density at radius 3 is 2.31 bits per heavy atom. The zero-order valence-electron chi connectivity index (χ0n) is 19.0. The molecule has 2 N–H and O–H groups in total. The van der Waals surface area contributed by atoms with Crippen LogP contribution in [0.2, 0.25) is 0 Å². The van der Waals surface area contributed by atoms with Gasteiger partial charge in [0, 0.05) is 12.5 Å². The number of phosphoric ester groups is 1. The molecule has 3 heterocycles. The Morgan fingerprint density at radius 1 is 0.971 bits per heavy atom. The molecule has 2 aromatic carbocycles. The van der Waals surface area contributed by atoms with Gasteiger partial charge < -0.3 is 15.0 Å². The van der Waals surface area contributed by atoms with Crippen LogP contribution >= 0.6 is 7.82 Å². The fourth-order valence-electron chi connectivity index (χ4n) is 3.73. The second-order valence-corrected chi connectivity index (χ2v) is 9.89. The number of aromatic nitrogens is 4. The minimum Gasteiger partial charge on any atom is -0.471 e. The molecule has 2 aromatic heterocycles. The minimum absolute atomic E-state index is 0.0400. The first-order chi connectivity index (χ1) is 17.1. The average molecular weight is 495 g/mol. The van der Waals surface area contributed by atoms with Gasteiger partial charge in [-0.25, -0.2) is 9.55 Å². The van der Waals surface area contributed by atoms with E-state index in [1.54, 1.807) is 6.33 Å². The third-order valence-corrected chi connectivity index (χ3v) is 7.00. The van der Waals surface area contributed by atoms with Crippen molar-refractivity contribution in [2.24, 2.45) is 5.92 Å². The normalized spacial score (nSPS) is 20.2. The predicted molar refractivity (Wildman–Crippen MR) is 129 cm³/mol. The quantitative estimate of drug-likeness (QED) is 0.337. The molecule has 0 radical (unpaired) electrons. The summed E-state index contributed by atoms with van der Waals surface area (Å²) in [5, 5.41) is 0. The van der Waals surface area contributed by atoms with Crippen molar-refractivity contribution in [3.05, 3.63) is 78.1 Å². The third-order valence-electron chi connectivity index (χ3n) is 5.62. The summed E-state index contributed by atoms with van der Waals surface area (Å²) in [6, 6.07) is 19.3. The highest BCUT2D eigenvalue weighted by atomic mass is 31.2. The fourth-order valence-corrected chi connectivity index (χ4v) is 5.05. The molecule has 1 aliphatic rings. The van der Waals surface area contributed by atoms with Crippen LogP contribution in [0.25, 0.3) is 11.2 Å². The Bertz CT molecular complexity index is 1310. The van der Waals surface area contributed by atoms with Crippen LogP contribution < -0.4 is 10.5 Å². The van der Waals surface area contributed by atoms with E-state index >= 15 is 0 Å². The summed E-state index contributed by atoms with van der Waals surface area (Å²) in [6.07, 6.45) is 2.39. The number of ether oxygens (including phenoxy) is 1. The fraction of sp³-hybridized carbons (Fsp3) is 0.292. The van der Waals surface area contributed by atoms with Crippen molar-refractivity contribution >= 4 is 24.9 Å². The maximum Gasteiger partial charge on any atom is 0.475 e. The van der Waals surface area contributed by atoms with Crippen molar-refractivity contribution in [1.29, 1.82) is 0 Å². The van der Waals surface area contributed by atoms with Crippen LogP contribution in [0.5, 0.6) is 5.88 Å². The van der Waals surface area contributed by atoms with E-state index in [0.717, 1.165) is 11.1 Å². The number of nitrogens with two attached hydrogens (primary N) is 1. The molecule has 1 aliphatic heterocycles. The minimum atomic E-state index is -3.56. The van der Waals surface area contributed by atoms with Crippen LogP contribution in [-0.2, 0) is 37.9 Å². The van der Waals surface area contributed by atoms with Gasteiger partial charge in [0.1, 0.15) is 6.61 Å². The molecular formula is C24H26N5O5P. The van der Waals surface area contributed by atoms with Crippen molar-refractivity contribution in [2.75, 3.05) is 18.9 Å². The van der Waals surface area contributed by atoms with E-state index in [9.17, 15) is 4.57 Å². The molecule has 0 aliphatic carbocycles. The number of nitrogens with zero attached hydrogens (tertiary/aromatic N) is 4. The van der Waals surface area contributed by atoms with Gasteiger partial charge in [0.05, 0.1) is 26.1 Å². The van der Waals surface area contributed by atoms with Crippen LogP contribution in [0.4, 0.5) is 5.95 Å². The van der Waals surface area contributed by atoms with Crippen molar-refractivity contribution in [3.8, 4) is 5.88 Å². The van der Waals surface area contributed by atoms with E-state index in [2.05, 4.69) is 15.0 Å². The van der Waals surface area contributed by atoms with Gasteiger partial charge in [-0.2, -0.15) is 9.97 Å². The lowest BCUT2D eigenvalue weighted by Crippen LogP contribution is -2.23. The van der Waals surface area contributed by atoms with E-state index in [-0.39, 0.29) is 31.7 Å². The lowest BCUT2D eigenvalue weighted by molar-refractivity contribution is 0.0322. The highest BCUT2D eigenvalue weighted by Crippen LogP contribution is 2.53. The summed E-state index contributed by atoms with van der Waals surface area (Å²) >= 11 is 0. The Labute approximate surface area is 202 Å². The topological polar surface area (TPSA) is 124 Å². The molecule has 0 atom stereocenters. The number of imidazole rings is 1. The Hall–Kier alpha value is -3.30. The van der Waals surface area contributed by atoms with Gasteiger partial charge in [0.2, 0.25) is 11.8 Å². The maximum atomic E-state index is 12.7. The number of phosphoric acid groups is 1. The molecule has 10 nitrogen and oxygen atoms in total. The van der Waals surface area contributed by atoms with E-state index in [1.807, 2.05) is 65.2 Å². The maximum absolute atomic E-state index is 12.7. The standard InChI is InChI=1S/C24H26N5O5P/c25-24-27-22-21(23(28-24)31-13-18-7-3-1-4-8-18)29(17-26-22)12-11-20-15-33-35(30,34-16-20)32-14-19-9-5-2-6-10-19/h1-10,17,20H,11-16H2,(H2,25,27,28). The van der Waals surface area contributed by atoms with E-state index < -0.39 is 7.82 Å². The van der Waals surface area contributed by atoms with Gasteiger partial charge in [-0.15, -0.1) is 0 Å². The molecule has 1 saturated heterocycles. The van der Waals surface area contributed by atoms with E-state index in [0.29, 0.717) is 36.6 Å². The SMILES string of the molecule is Nc1nc(OCc2ccccc2)c2c(ncn2CCC2COP(=O)(OCc3ccccc3)OC2)n1. The second-order valence-electron chi connectivity index (χ2n) is 8.22. The van der Waals surface area contributed by atoms with Crippen molar-refractivity contribution in [1.82, 2.24) is 19.5 Å². The highest BCUT2D eigenvalue weighted by Gasteiger charge is 2.34. The van der Waals surface area contributed by atoms with Crippen molar-refractivity contribution in [3.63, 3.8) is 0 Å². The molecule has 35 heavy (non-hydrogen) atoms. The summed E-state index contributed by atoms with van der Waals surface area (Å²) in [7, 11) is -3.56. The Kier molecular flexibility index (Phi) is 7.06. The number of anilines is 1. The smallest absolute Gasteiger partial charge is 0.471 e. The zero-order chi connectivity index (χ0) is 24.1. The van der Waals surface area contributed by atoms with E-state index in [4.69, 9.17) is 24.0 Å². The first-order valence-electron chi connectivity index (χ1n) is 11.3. The molecule has 182 valence electrons. The molecule has 11 heteroatoms. The number of rotatable bonds is 9. The molecule has 1 fully saturated rings. The van der Waals surface area contributed by atoms with Crippen LogP contribution in [-0.4, -0.2) is 32.7 Å². The average Bonchev–Trinajstić information content (AvgIpc) is 3.30. The van der Waals surface area contributed by atoms with Gasteiger partial charge in [-0.1, -0.05) is 60.7 Å². The van der Waals surface area contributed by atoms with Crippen LogP contribution in [0.3, 0.4) is 0 Å². The molecule has 0 unspecified atom stereocenters. The van der Waals surface area contributed by atoms with Gasteiger partial charge in [-0.3, -0.25) is 13.6 Å². The molecule has 0 amide bonds. The van der Waals surface area contributed by atoms with Gasteiger partial charge >= 0.3 is 7.82 Å². The second kappa shape index (κ2) is 10.5. The van der Waals surface area contributed by atoms with Crippen LogP contribution in [0.1, 0.15) is 17.5 Å². The summed E-state index contributed by atoms with van der Waals surface area (Å²) < 4.78 is 37.1. The zero-order valence-corrected chi connectivity index (χ0v) is 19.9. The third kappa shape index (κ3) is 5.86. The Balaban J connectivity index is 1.19. The lowest BCUT2D eigenvalue weighted by atomic mass is 10.1. The number of nitrogen functional groups attached to an aromatic ring is 1. The predicted octanol–water partition coefficient (Wildman–Crippen LogP) is 4.37. The first-order valence-corrected chi connectivity index (χ1v) is 12.8. The van der Waals surface area contributed by atoms with Crippen molar-refractivity contribution < 1.29 is 22.9 Å². The number of aryl methyl sites for hydroxylation is 1. The van der Waals surface area contributed by atoms with Gasteiger partial charge in [0.25, 0.3) is 0 Å². The van der Waals surface area contributed by atoms with Crippen molar-refractivity contribution in [2.45, 2.75) is 26.2 Å². The largest absolute Gasteiger partial charge is 0.475 e. The summed E-state index contributed by atoms with van der Waals surface area (Å²) in [5.41, 5.74) is 8.91. The molecule has 0 bridgehead atoms. The number of benzene rings is 2. The van der Waals surface area contributed by atoms with Crippen LogP contribution in [0, 0.1) is 5.92 Å². The monoisotopic (exact) mass is 495 g/mol. The Morgan fingerprint density at radius 2 is 1.63 bits per heavy atom. The molecule has 0 spiro atoms. The lowest BCUT2D eigenvalue weighted by Gasteiger charge is -2.28. The number of hydrogen-bond donors (Lipinski definition) is 1. The first kappa shape index (κ1) is 23.4. The molecular weight excluding hydrogens is 469 g/mol. The van der Waals surface area contributed by atoms with Crippen LogP contribution in [0.15, 0.2) is 67.0 Å². The summed E-state index contributed by atoms with van der Waals surface area (Å²) in [5.74, 6) is 0.521. The summed E-state index contributed by atoms with van der Waals surface area (Å²) in [4.78, 5) is 12.9. The molecule has 4 aromatic rings.